The van der Waals surface area contributed by atoms with Crippen LogP contribution in [0.25, 0.3) is 0 Å². The summed E-state index contributed by atoms with van der Waals surface area (Å²) in [5, 5.41) is 0. The topological polar surface area (TPSA) is 52.0 Å². The van der Waals surface area contributed by atoms with Gasteiger partial charge in [0.25, 0.3) is 0 Å². The summed E-state index contributed by atoms with van der Waals surface area (Å²) in [6.45, 7) is 4.72. The zero-order valence-corrected chi connectivity index (χ0v) is 53.5. The predicted molar refractivity (Wildman–Crippen MR) is 329 cm³/mol. The van der Waals surface area contributed by atoms with Crippen LogP contribution in [0, 0.1) is 0 Å². The van der Waals surface area contributed by atoms with Gasteiger partial charge in [-0.25, -0.2) is 0 Å². The zero-order valence-electron chi connectivity index (χ0n) is 24.1. The van der Waals surface area contributed by atoms with Gasteiger partial charge in [-0.1, -0.05) is 13.8 Å². The van der Waals surface area contributed by atoms with Gasteiger partial charge in [-0.15, -0.1) is 0 Å². The van der Waals surface area contributed by atoms with Gasteiger partial charge in [0.05, 0.1) is 11.4 Å². The van der Waals surface area contributed by atoms with Crippen LogP contribution in [0.3, 0.4) is 0 Å². The van der Waals surface area contributed by atoms with Gasteiger partial charge in [0.1, 0.15) is 0 Å². The summed E-state index contributed by atoms with van der Waals surface area (Å²) in [7, 11) is 60.1. The zero-order chi connectivity index (χ0) is 36.9. The Kier molecular flexibility index (Phi) is 38.3. The highest BCUT2D eigenvalue weighted by Crippen LogP contribution is 2.61. The molecule has 0 aromatic heterocycles. The van der Waals surface area contributed by atoms with Crippen molar-refractivity contribution in [2.24, 2.45) is 0 Å². The van der Waals surface area contributed by atoms with Gasteiger partial charge in [0, 0.05) is 324 Å². The van der Waals surface area contributed by atoms with E-state index in [0.29, 0.717) is 10.8 Å². The predicted octanol–water partition coefficient (Wildman–Crippen LogP) is 2.48. The maximum Gasteiger partial charge on any atom is 0.0550 e. The molecule has 0 radical (unpaired) electrons. The van der Waals surface area contributed by atoms with E-state index in [4.69, 9.17) is 33.8 Å². The van der Waals surface area contributed by atoms with E-state index in [0.717, 1.165) is 11.4 Å². The molecule has 3 rings (SSSR count). The van der Waals surface area contributed by atoms with Crippen molar-refractivity contribution in [3.63, 3.8) is 0 Å². The highest BCUT2D eigenvalue weighted by molar-refractivity contribution is 8.80. The standard InChI is InChI=1S/C13H18N2.S36/c1-12-3-4-13(2,7-12)9-6-11(15)10(14)5-8(9)12;1-3-5-7-9-11-13-15-17-19-21-23-25-27-29-31-33-35-36-34-32-30-28-26-24-22-20-18-16-14-12-10-8-6-4-2/h5-6H,3-4,7,14-15H2,1-2H3;. The van der Waals surface area contributed by atoms with Gasteiger partial charge in [-0.05, 0) is 53.4 Å². The van der Waals surface area contributed by atoms with Gasteiger partial charge in [-0.3, -0.25) is 0 Å². The van der Waals surface area contributed by atoms with Crippen LogP contribution in [-0.4, -0.2) is 0 Å². The van der Waals surface area contributed by atoms with Gasteiger partial charge < -0.3 is 11.5 Å². The van der Waals surface area contributed by atoms with Crippen molar-refractivity contribution < 1.29 is 0 Å². The van der Waals surface area contributed by atoms with Gasteiger partial charge in [0.2, 0.25) is 0 Å². The van der Waals surface area contributed by atoms with Crippen molar-refractivity contribution in [2.75, 3.05) is 11.5 Å². The van der Waals surface area contributed by atoms with Gasteiger partial charge in [-0.2, -0.15) is 0 Å². The Labute approximate surface area is 404 Å². The summed E-state index contributed by atoms with van der Waals surface area (Å²) in [6.07, 6.45) is 3.85. The number of nitrogens with two attached hydrogens (primary N) is 2. The summed E-state index contributed by atoms with van der Waals surface area (Å²) in [5.41, 5.74) is 16.9. The fraction of sp³-hybridized carbons (Fsp3) is 0.538. The number of hydrogen-bond acceptors (Lipinski definition) is 4. The molecule has 0 spiro atoms. The number of hydrogen-bond donors (Lipinski definition) is 2. The largest absolute Gasteiger partial charge is 0.397 e. The molecular weight excluding hydrogens is 1340 g/mol. The lowest BCUT2D eigenvalue weighted by Crippen LogP contribution is -2.18. The van der Waals surface area contributed by atoms with Crippen LogP contribution in [0.15, 0.2) is 12.1 Å². The molecule has 0 heterocycles. The first-order chi connectivity index (χ1) is 24.9. The second-order valence-corrected chi connectivity index (χ2v) is 68.3. The molecule has 51 heavy (non-hydrogen) atoms. The van der Waals surface area contributed by atoms with Gasteiger partial charge in [0.15, 0.2) is 0 Å². The lowest BCUT2D eigenvalue weighted by molar-refractivity contribution is 0.484. The highest BCUT2D eigenvalue weighted by atomic mass is 33.5. The Morgan fingerprint density at radius 3 is 0.725 bits per heavy atom. The molecule has 1 saturated carbocycles. The number of rotatable bonds is 0. The Balaban J connectivity index is 0.000000486. The summed E-state index contributed by atoms with van der Waals surface area (Å²) >= 11 is 9.59. The van der Waals surface area contributed by atoms with E-state index in [1.165, 1.54) is 48.2 Å². The molecule has 2 bridgehead atoms. The normalized spacial score (nSPS) is 16.3. The second kappa shape index (κ2) is 36.2. The van der Waals surface area contributed by atoms with E-state index in [9.17, 15) is 0 Å². The third-order valence-electron chi connectivity index (χ3n) is 5.45. The van der Waals surface area contributed by atoms with E-state index >= 15 is 0 Å². The average Bonchev–Trinajstić information content (AvgIpc) is 3.55. The molecule has 0 aliphatic heterocycles. The maximum atomic E-state index is 5.90. The summed E-state index contributed by atoms with van der Waals surface area (Å²) < 4.78 is 0. The highest BCUT2D eigenvalue weighted by Gasteiger charge is 2.52. The molecule has 2 nitrogen and oxygen atoms in total. The molecule has 1 fully saturated rings. The minimum absolute atomic E-state index is 0.353. The lowest BCUT2D eigenvalue weighted by Gasteiger charge is -2.27. The Morgan fingerprint density at radius 2 is 0.549 bits per heavy atom. The summed E-state index contributed by atoms with van der Waals surface area (Å²) in [5.74, 6) is 0. The van der Waals surface area contributed by atoms with Crippen LogP contribution in [0.4, 0.5) is 11.4 Å². The molecular formula is C13H18N2S36. The first kappa shape index (κ1) is 53.9. The number of anilines is 2. The first-order valence-corrected chi connectivity index (χ1v) is 58.1. The smallest absolute Gasteiger partial charge is 0.0550 e. The van der Waals surface area contributed by atoms with Crippen molar-refractivity contribution in [2.45, 2.75) is 43.9 Å². The van der Waals surface area contributed by atoms with Crippen LogP contribution in [0.2, 0.25) is 0 Å². The monoisotopic (exact) mass is 1350 g/mol. The van der Waals surface area contributed by atoms with Crippen LogP contribution < -0.4 is 11.5 Å². The molecule has 2 unspecified atom stereocenters. The van der Waals surface area contributed by atoms with E-state index in [2.05, 4.69) is 26.0 Å². The van der Waals surface area contributed by atoms with Crippen LogP contribution >= 0.6 is 0 Å². The second-order valence-electron chi connectivity index (χ2n) is 8.14. The molecule has 0 amide bonds. The van der Waals surface area contributed by atoms with Crippen molar-refractivity contribution in [3.05, 3.63) is 23.3 Å². The maximum absolute atomic E-state index is 5.90. The molecule has 1 aromatic carbocycles. The fourth-order valence-corrected chi connectivity index (χ4v) is 91.9. The van der Waals surface area contributed by atoms with E-state index in [1.54, 1.807) is 107 Å². The number of fused-ring (bicyclic) bond motifs is 5. The fourth-order valence-electron chi connectivity index (χ4n) is 4.04. The van der Waals surface area contributed by atoms with E-state index < -0.39 is 0 Å². The number of benzene rings is 1. The Hall–Kier alpha value is 6.74. The molecule has 38 heteroatoms. The molecule has 0 saturated heterocycles. The van der Waals surface area contributed by atoms with Crippen LogP contribution in [-0.2, 0) is 335 Å². The third kappa shape index (κ3) is 26.1. The molecule has 1 aromatic rings. The van der Waals surface area contributed by atoms with E-state index in [1.807, 2.05) is 178 Å². The Morgan fingerprint density at radius 1 is 0.373 bits per heavy atom. The quantitative estimate of drug-likeness (QED) is 0.393. The van der Waals surface area contributed by atoms with Crippen molar-refractivity contribution in [1.82, 2.24) is 0 Å². The first-order valence-electron chi connectivity index (χ1n) is 11.5. The minimum Gasteiger partial charge on any atom is -0.397 e. The van der Waals surface area contributed by atoms with Crippen LogP contribution in [0.1, 0.15) is 44.2 Å². The van der Waals surface area contributed by atoms with Crippen molar-refractivity contribution >= 4 is 336 Å². The molecule has 2 aliphatic rings. The molecule has 2 aliphatic carbocycles. The summed E-state index contributed by atoms with van der Waals surface area (Å²) in [4.78, 5) is 0. The van der Waals surface area contributed by atoms with Crippen molar-refractivity contribution in [3.8, 4) is 0 Å². The lowest BCUT2D eigenvalue weighted by atomic mass is 9.78. The average molecular weight is 1360 g/mol. The van der Waals surface area contributed by atoms with E-state index in [-0.39, 0.29) is 0 Å². The molecule has 296 valence electrons. The molecule has 2 atom stereocenters. The molecule has 4 N–H and O–H groups in total. The SMILES string of the molecule is CC12CCC(C)(C1)c1cc(N)c(N)cc12.S=S=S=S=S=S=S=S=S=S=S=S=S=S=S=S=S=S=S=S=S=S=S=S=S=S=S=S=S=S=S=S=S=S=S=S. The van der Waals surface area contributed by atoms with Crippen molar-refractivity contribution in [1.29, 1.82) is 0 Å². The van der Waals surface area contributed by atoms with Crippen LogP contribution in [0.5, 0.6) is 0 Å². The third-order valence-corrected chi connectivity index (χ3v) is 78.8. The Bertz CT molecular complexity index is 2860. The summed E-state index contributed by atoms with van der Waals surface area (Å²) in [6, 6.07) is 4.21. The number of nitrogen functional groups attached to an aromatic ring is 2. The van der Waals surface area contributed by atoms with Gasteiger partial charge >= 0.3 is 0 Å². The minimum atomic E-state index is 0.353.